The first-order valence-electron chi connectivity index (χ1n) is 18.5. The summed E-state index contributed by atoms with van der Waals surface area (Å²) in [6, 6.07) is 71.9. The maximum atomic E-state index is 9.87. The van der Waals surface area contributed by atoms with Gasteiger partial charge in [-0.15, -0.1) is 0 Å². The van der Waals surface area contributed by atoms with E-state index in [1.165, 1.54) is 31.8 Å². The third-order valence-corrected chi connectivity index (χ3v) is 14.4. The predicted molar refractivity (Wildman–Crippen MR) is 244 cm³/mol. The molecule has 0 fully saturated rings. The van der Waals surface area contributed by atoms with Crippen LogP contribution in [0.2, 0.25) is 5.15 Å². The van der Waals surface area contributed by atoms with Gasteiger partial charge in [0.25, 0.3) is 0 Å². The molecule has 14 heteroatoms. The summed E-state index contributed by atoms with van der Waals surface area (Å²) in [5.74, 6) is 1.85. The molecule has 0 saturated carbocycles. The topological polar surface area (TPSA) is 35.0 Å². The minimum Gasteiger partial charge on any atom is -0.449 e. The number of benzene rings is 6. The maximum Gasteiger partial charge on any atom is 1.00 e. The fourth-order valence-electron chi connectivity index (χ4n) is 6.25. The van der Waals surface area contributed by atoms with E-state index in [0.29, 0.717) is 5.15 Å². The maximum absolute atomic E-state index is 10.7. The molecule has 8 rings (SSSR count). The molecule has 0 aliphatic rings. The van der Waals surface area contributed by atoms with E-state index in [2.05, 4.69) is 180 Å². The number of nitrogens with zero attached hydrogens (tertiary/aromatic N) is 2. The minimum atomic E-state index is -10.7. The van der Waals surface area contributed by atoms with Gasteiger partial charge in [-0.25, -0.2) is 4.98 Å². The van der Waals surface area contributed by atoms with E-state index in [0.717, 1.165) is 28.6 Å². The third kappa shape index (κ3) is 15.2. The van der Waals surface area contributed by atoms with E-state index in [1.54, 1.807) is 6.07 Å². The first kappa shape index (κ1) is 47.2. The number of rotatable bonds is 9. The van der Waals surface area contributed by atoms with Gasteiger partial charge in [-0.2, -0.15) is 0 Å². The van der Waals surface area contributed by atoms with Gasteiger partial charge < -0.3 is 4.74 Å². The Morgan fingerprint density at radius 2 is 0.721 bits per heavy atom. The van der Waals surface area contributed by atoms with Crippen LogP contribution in [0.25, 0.3) is 11.4 Å². The minimum absolute atomic E-state index is 0. The van der Waals surface area contributed by atoms with Gasteiger partial charge >= 0.3 is 50.1 Å². The fourth-order valence-corrected chi connectivity index (χ4v) is 11.7. The SMILES string of the molecule is Cc1cccc(-c2cccc(Cl)n2)n1.F[P-](F)(F)(F)(F)F.[Cu+].c1ccc([PH+](c2ccccc2)c2ccccc2Oc2ccccc2[PH+](c2ccccc2)c2ccccc2)cc1. The number of hydrogen-bond acceptors (Lipinski definition) is 3. The molecule has 316 valence electrons. The van der Waals surface area contributed by atoms with E-state index in [-0.39, 0.29) is 17.1 Å². The molecule has 0 bridgehead atoms. The Hall–Kier alpha value is -4.90. The Labute approximate surface area is 369 Å². The van der Waals surface area contributed by atoms with E-state index >= 15 is 0 Å². The molecule has 0 saturated heterocycles. The van der Waals surface area contributed by atoms with Crippen LogP contribution >= 0.6 is 35.3 Å². The Morgan fingerprint density at radius 1 is 0.410 bits per heavy atom. The van der Waals surface area contributed by atoms with Crippen LogP contribution in [0, 0.1) is 6.92 Å². The first-order chi connectivity index (χ1) is 28.6. The molecular weight excluding hydrogens is 914 g/mol. The van der Waals surface area contributed by atoms with Crippen molar-refractivity contribution in [3.63, 3.8) is 0 Å². The van der Waals surface area contributed by atoms with Crippen molar-refractivity contribution in [1.82, 2.24) is 9.97 Å². The van der Waals surface area contributed by atoms with Gasteiger partial charge in [0.15, 0.2) is 11.5 Å². The zero-order valence-corrected chi connectivity index (χ0v) is 36.9. The van der Waals surface area contributed by atoms with Crippen LogP contribution in [-0.4, -0.2) is 9.97 Å². The zero-order valence-electron chi connectivity index (χ0n) is 32.3. The average molecular weight is 954 g/mol. The summed E-state index contributed by atoms with van der Waals surface area (Å²) in [6.07, 6.45) is 0. The van der Waals surface area contributed by atoms with Crippen molar-refractivity contribution in [3.05, 3.63) is 217 Å². The number of aryl methyl sites for hydroxylation is 1. The van der Waals surface area contributed by atoms with Crippen molar-refractivity contribution in [1.29, 1.82) is 0 Å². The van der Waals surface area contributed by atoms with Crippen molar-refractivity contribution in [2.45, 2.75) is 6.92 Å². The van der Waals surface area contributed by atoms with E-state index in [1.807, 2.05) is 37.3 Å². The number of para-hydroxylation sites is 2. The van der Waals surface area contributed by atoms with E-state index < -0.39 is 23.7 Å². The van der Waals surface area contributed by atoms with Gasteiger partial charge in [-0.1, -0.05) is 121 Å². The number of hydrogen-bond donors (Lipinski definition) is 0. The molecule has 0 N–H and O–H groups in total. The van der Waals surface area contributed by atoms with Crippen LogP contribution < -0.4 is 36.6 Å². The molecule has 0 radical (unpaired) electrons. The molecule has 2 heterocycles. The van der Waals surface area contributed by atoms with Crippen LogP contribution in [0.3, 0.4) is 0 Å². The summed E-state index contributed by atoms with van der Waals surface area (Å²) >= 11 is 5.80. The van der Waals surface area contributed by atoms with Crippen molar-refractivity contribution >= 4 is 67.1 Å². The van der Waals surface area contributed by atoms with Gasteiger partial charge in [-0.3, -0.25) is 4.98 Å². The van der Waals surface area contributed by atoms with Crippen LogP contribution in [0.1, 0.15) is 5.69 Å². The molecule has 8 aromatic rings. The molecule has 0 aliphatic heterocycles. The summed E-state index contributed by atoms with van der Waals surface area (Å²) in [4.78, 5) is 8.55. The number of ether oxygens (including phenoxy) is 1. The number of pyridine rings is 2. The van der Waals surface area contributed by atoms with Crippen molar-refractivity contribution in [2.75, 3.05) is 0 Å². The smallest absolute Gasteiger partial charge is 0.449 e. The molecule has 0 atom stereocenters. The number of aromatic nitrogens is 2. The van der Waals surface area contributed by atoms with Gasteiger partial charge in [0, 0.05) is 5.69 Å². The summed E-state index contributed by atoms with van der Waals surface area (Å²) < 4.78 is 66.1. The van der Waals surface area contributed by atoms with Crippen molar-refractivity contribution in [3.8, 4) is 22.9 Å². The van der Waals surface area contributed by atoms with Crippen LogP contribution in [-0.2, 0) is 17.1 Å². The Bertz CT molecular complexity index is 2360. The van der Waals surface area contributed by atoms with E-state index in [9.17, 15) is 25.2 Å². The van der Waals surface area contributed by atoms with E-state index in [4.69, 9.17) is 16.3 Å². The number of halogens is 7. The monoisotopic (exact) mass is 952 g/mol. The molecule has 0 aliphatic carbocycles. The largest absolute Gasteiger partial charge is 1.00 e. The Balaban J connectivity index is 0.000000263. The second-order valence-electron chi connectivity index (χ2n) is 13.3. The van der Waals surface area contributed by atoms with Gasteiger partial charge in [0.2, 0.25) is 0 Å². The zero-order chi connectivity index (χ0) is 42.7. The molecule has 0 spiro atoms. The third-order valence-electron chi connectivity index (χ3n) is 8.65. The van der Waals surface area contributed by atoms with Crippen molar-refractivity contribution < 1.29 is 47.0 Å². The van der Waals surface area contributed by atoms with Crippen molar-refractivity contribution in [2.24, 2.45) is 0 Å². The second kappa shape index (κ2) is 20.3. The summed E-state index contributed by atoms with van der Waals surface area (Å²) in [5.41, 5.74) is 2.64. The van der Waals surface area contributed by atoms with Crippen LogP contribution in [0.4, 0.5) is 25.2 Å². The summed E-state index contributed by atoms with van der Waals surface area (Å²) in [6.45, 7) is 1.95. The molecule has 3 nitrogen and oxygen atoms in total. The van der Waals surface area contributed by atoms with Gasteiger partial charge in [0.05, 0.1) is 11.4 Å². The Kier molecular flexibility index (Phi) is 15.7. The quantitative estimate of drug-likeness (QED) is 0.0626. The predicted octanol–water partition coefficient (Wildman–Crippen LogP) is 12.9. The average Bonchev–Trinajstić information content (AvgIpc) is 3.23. The van der Waals surface area contributed by atoms with Gasteiger partial charge in [0.1, 0.15) is 52.8 Å². The summed E-state index contributed by atoms with van der Waals surface area (Å²) in [5, 5.41) is 8.37. The fraction of sp³-hybridized carbons (Fsp3) is 0.0213. The van der Waals surface area contributed by atoms with Crippen LogP contribution in [0.15, 0.2) is 206 Å². The molecule has 0 unspecified atom stereocenters. The first-order valence-corrected chi connectivity index (χ1v) is 23.9. The normalized spacial score (nSPS) is 12.0. The second-order valence-corrected chi connectivity index (χ2v) is 20.5. The molecule has 2 aromatic heterocycles. The van der Waals surface area contributed by atoms with Crippen LogP contribution in [0.5, 0.6) is 11.5 Å². The molecule has 0 amide bonds. The molecule has 6 aromatic carbocycles. The summed E-state index contributed by atoms with van der Waals surface area (Å²) in [7, 11) is -13.2. The molecule has 61 heavy (non-hydrogen) atoms. The molecular formula is C47H39ClCuF6N2OP3+2. The standard InChI is InChI=1S/C36H28OP2.C11H9ClN2.Cu.F6P/c1-5-17-29(18-6-1)38(30-19-7-2-8-20-30)35-27-15-13-25-33(35)37-34-26-14-16-28-36(34)39(31-21-9-3-10-22-31)32-23-11-4-12-24-32;1-8-4-2-5-9(13-8)10-6-3-7-11(12)14-10;;1-7(2,3,4,5)6/h1-28H;2-7H,1H3;;/q;;+1;-1/p+2. The Morgan fingerprint density at radius 3 is 1.07 bits per heavy atom. The van der Waals surface area contributed by atoms with Gasteiger partial charge in [-0.05, 0) is 104 Å².